The number of halogens is 2. The summed E-state index contributed by atoms with van der Waals surface area (Å²) in [5.74, 6) is -0.688. The van der Waals surface area contributed by atoms with Crippen molar-refractivity contribution in [2.45, 2.75) is 45.1 Å². The smallest absolute Gasteiger partial charge is 0.224 e. The minimum absolute atomic E-state index is 0.00521. The monoisotopic (exact) mass is 500 g/mol. The van der Waals surface area contributed by atoms with E-state index in [9.17, 15) is 24.5 Å². The number of carbonyl (C=O) groups excluding carboxylic acids is 1. The van der Waals surface area contributed by atoms with Crippen molar-refractivity contribution in [3.63, 3.8) is 0 Å². The maximum Gasteiger partial charge on any atom is 0.224 e. The van der Waals surface area contributed by atoms with E-state index in [0.717, 1.165) is 11.1 Å². The zero-order valence-corrected chi connectivity index (χ0v) is 20.2. The number of aliphatic hydroxyl groups is 2. The molecule has 0 heterocycles. The highest BCUT2D eigenvalue weighted by Gasteiger charge is 2.13. The van der Waals surface area contributed by atoms with Crippen LogP contribution in [-0.2, 0) is 30.8 Å². The van der Waals surface area contributed by atoms with Crippen LogP contribution < -0.4 is 10.6 Å². The van der Waals surface area contributed by atoms with Crippen molar-refractivity contribution < 1.29 is 24.5 Å². The van der Waals surface area contributed by atoms with Gasteiger partial charge in [-0.25, -0.2) is 4.39 Å². The summed E-state index contributed by atoms with van der Waals surface area (Å²) in [6.45, 7) is 2.02. The van der Waals surface area contributed by atoms with Gasteiger partial charge in [-0.05, 0) is 54.3 Å². The summed E-state index contributed by atoms with van der Waals surface area (Å²) in [4.78, 5) is 12.4. The van der Waals surface area contributed by atoms with Gasteiger partial charge in [0.05, 0.1) is 19.1 Å². The van der Waals surface area contributed by atoms with E-state index in [0.29, 0.717) is 24.1 Å². The number of benzene rings is 3. The van der Waals surface area contributed by atoms with E-state index in [2.05, 4.69) is 10.6 Å². The number of aliphatic hydroxyl groups excluding tert-OH is 2. The molecule has 2 atom stereocenters. The molecular formula is C27H30ClFN2O4. The van der Waals surface area contributed by atoms with Crippen LogP contribution in [0, 0.1) is 5.82 Å². The molecule has 0 aliphatic heterocycles. The number of nitrogens with one attached hydrogen (secondary N) is 2. The number of hydrogen-bond acceptors (Lipinski definition) is 5. The summed E-state index contributed by atoms with van der Waals surface area (Å²) in [5.41, 5.74) is 3.11. The summed E-state index contributed by atoms with van der Waals surface area (Å²) < 4.78 is 13.9. The normalized spacial score (nSPS) is 12.8. The van der Waals surface area contributed by atoms with Gasteiger partial charge in [-0.2, -0.15) is 0 Å². The van der Waals surface area contributed by atoms with E-state index in [4.69, 9.17) is 11.6 Å². The van der Waals surface area contributed by atoms with E-state index < -0.39 is 11.9 Å². The Morgan fingerprint density at radius 2 is 1.83 bits per heavy atom. The van der Waals surface area contributed by atoms with Crippen molar-refractivity contribution in [2.24, 2.45) is 0 Å². The Morgan fingerprint density at radius 3 is 2.57 bits per heavy atom. The maximum atomic E-state index is 13.9. The van der Waals surface area contributed by atoms with Crippen molar-refractivity contribution in [2.75, 3.05) is 6.54 Å². The largest absolute Gasteiger partial charge is 0.508 e. The van der Waals surface area contributed by atoms with Crippen LogP contribution in [0.15, 0.2) is 60.7 Å². The molecule has 0 saturated heterocycles. The fraction of sp³-hybridized carbons (Fsp3) is 0.296. The lowest BCUT2D eigenvalue weighted by atomic mass is 10.0. The first-order valence-corrected chi connectivity index (χ1v) is 11.8. The predicted octanol–water partition coefficient (Wildman–Crippen LogP) is 3.79. The zero-order valence-electron chi connectivity index (χ0n) is 19.5. The van der Waals surface area contributed by atoms with E-state index in [-0.39, 0.29) is 47.9 Å². The second kappa shape index (κ2) is 12.7. The van der Waals surface area contributed by atoms with Crippen molar-refractivity contribution in [1.29, 1.82) is 0 Å². The molecule has 0 aliphatic carbocycles. The Morgan fingerprint density at radius 1 is 1.09 bits per heavy atom. The molecule has 1 amide bonds. The van der Waals surface area contributed by atoms with Gasteiger partial charge in [-0.15, -0.1) is 0 Å². The number of carbonyl (C=O) groups is 1. The van der Waals surface area contributed by atoms with E-state index >= 15 is 0 Å². The Hall–Kier alpha value is -2.97. The molecule has 0 fully saturated rings. The lowest BCUT2D eigenvalue weighted by Gasteiger charge is -2.18. The highest BCUT2D eigenvalue weighted by atomic mass is 35.5. The average molecular weight is 501 g/mol. The van der Waals surface area contributed by atoms with Crippen LogP contribution in [0.2, 0.25) is 5.02 Å². The molecule has 6 nitrogen and oxygen atoms in total. The van der Waals surface area contributed by atoms with Crippen LogP contribution in [0.5, 0.6) is 5.75 Å². The Kier molecular flexibility index (Phi) is 9.63. The average Bonchev–Trinajstić information content (AvgIpc) is 2.82. The first-order valence-electron chi connectivity index (χ1n) is 11.4. The van der Waals surface area contributed by atoms with Gasteiger partial charge in [-0.1, -0.05) is 48.0 Å². The molecule has 0 aliphatic rings. The van der Waals surface area contributed by atoms with Gasteiger partial charge in [0, 0.05) is 35.3 Å². The molecule has 186 valence electrons. The summed E-state index contributed by atoms with van der Waals surface area (Å²) in [6, 6.07) is 16.8. The third-order valence-corrected chi connectivity index (χ3v) is 6.09. The van der Waals surface area contributed by atoms with Gasteiger partial charge < -0.3 is 26.0 Å². The van der Waals surface area contributed by atoms with Crippen molar-refractivity contribution >= 4 is 17.5 Å². The molecule has 0 aromatic heterocycles. The Balaban J connectivity index is 1.49. The van der Waals surface area contributed by atoms with Crippen LogP contribution in [0.4, 0.5) is 4.39 Å². The van der Waals surface area contributed by atoms with Gasteiger partial charge in [0.2, 0.25) is 5.91 Å². The molecule has 0 saturated carbocycles. The standard InChI is InChI=1S/C27H30ClFN2O4/c1-17(30-15-26(34)20-8-9-25(33)21(13-20)16-32)10-18-4-2-5-19(11-18)12-27(35)31-14-22-23(28)6-3-7-24(22)29/h2-9,11,13,17,26,30,32-34H,10,12,14-16H2,1H3,(H,31,35)/t17-,26+/m1/s1. The van der Waals surface area contributed by atoms with Gasteiger partial charge >= 0.3 is 0 Å². The van der Waals surface area contributed by atoms with E-state index in [1.54, 1.807) is 18.2 Å². The number of rotatable bonds is 11. The fourth-order valence-corrected chi connectivity index (χ4v) is 4.03. The van der Waals surface area contributed by atoms with Crippen molar-refractivity contribution in [3.05, 3.63) is 99.3 Å². The van der Waals surface area contributed by atoms with Crippen molar-refractivity contribution in [1.82, 2.24) is 10.6 Å². The molecular weight excluding hydrogens is 471 g/mol. The molecule has 3 rings (SSSR count). The van der Waals surface area contributed by atoms with Crippen LogP contribution >= 0.6 is 11.6 Å². The summed E-state index contributed by atoms with van der Waals surface area (Å²) in [7, 11) is 0. The molecule has 0 radical (unpaired) electrons. The molecule has 8 heteroatoms. The predicted molar refractivity (Wildman–Crippen MR) is 134 cm³/mol. The minimum atomic E-state index is -0.790. The van der Waals surface area contributed by atoms with Crippen LogP contribution in [0.1, 0.15) is 40.8 Å². The van der Waals surface area contributed by atoms with Gasteiger partial charge in [0.15, 0.2) is 0 Å². The maximum absolute atomic E-state index is 13.9. The molecule has 3 aromatic carbocycles. The fourth-order valence-electron chi connectivity index (χ4n) is 3.80. The molecule has 3 aromatic rings. The third kappa shape index (κ3) is 7.77. The quantitative estimate of drug-likeness (QED) is 0.276. The lowest BCUT2D eigenvalue weighted by Crippen LogP contribution is -2.32. The molecule has 5 N–H and O–H groups in total. The number of phenols is 1. The Labute approximate surface area is 209 Å². The Bertz CT molecular complexity index is 1140. The summed E-state index contributed by atoms with van der Waals surface area (Å²) in [5, 5.41) is 35.7. The second-order valence-electron chi connectivity index (χ2n) is 8.55. The summed E-state index contributed by atoms with van der Waals surface area (Å²) >= 11 is 6.01. The van der Waals surface area contributed by atoms with Gasteiger partial charge in [0.25, 0.3) is 0 Å². The topological polar surface area (TPSA) is 102 Å². The van der Waals surface area contributed by atoms with Crippen LogP contribution in [0.25, 0.3) is 0 Å². The van der Waals surface area contributed by atoms with Crippen LogP contribution in [0.3, 0.4) is 0 Å². The lowest BCUT2D eigenvalue weighted by molar-refractivity contribution is -0.120. The van der Waals surface area contributed by atoms with E-state index in [1.165, 1.54) is 18.2 Å². The zero-order chi connectivity index (χ0) is 25.4. The highest BCUT2D eigenvalue weighted by molar-refractivity contribution is 6.31. The van der Waals surface area contributed by atoms with Gasteiger partial charge in [0.1, 0.15) is 11.6 Å². The SMILES string of the molecule is C[C@H](Cc1cccc(CC(=O)NCc2c(F)cccc2Cl)c1)NC[C@H](O)c1ccc(O)c(CO)c1. The third-order valence-electron chi connectivity index (χ3n) is 5.74. The molecule has 0 bridgehead atoms. The summed E-state index contributed by atoms with van der Waals surface area (Å²) in [6.07, 6.45) is 0.0558. The van der Waals surface area contributed by atoms with Crippen molar-refractivity contribution in [3.8, 4) is 5.75 Å². The number of hydrogen-bond donors (Lipinski definition) is 5. The second-order valence-corrected chi connectivity index (χ2v) is 8.96. The van der Waals surface area contributed by atoms with Gasteiger partial charge in [-0.3, -0.25) is 4.79 Å². The van der Waals surface area contributed by atoms with E-state index in [1.807, 2.05) is 31.2 Å². The molecule has 0 unspecified atom stereocenters. The highest BCUT2D eigenvalue weighted by Crippen LogP contribution is 2.22. The molecule has 35 heavy (non-hydrogen) atoms. The minimum Gasteiger partial charge on any atom is -0.508 e. The number of amides is 1. The molecule has 0 spiro atoms. The van der Waals surface area contributed by atoms with Crippen LogP contribution in [-0.4, -0.2) is 33.8 Å². The first-order chi connectivity index (χ1) is 16.8. The number of aromatic hydroxyl groups is 1. The first kappa shape index (κ1) is 26.6.